The number of benzene rings is 1. The molecule has 0 fully saturated rings. The SMILES string of the molecule is CO/N=C/c1cccc2cn[nH]c12. The van der Waals surface area contributed by atoms with Gasteiger partial charge in [0.05, 0.1) is 17.9 Å². The Morgan fingerprint density at radius 1 is 1.54 bits per heavy atom. The van der Waals surface area contributed by atoms with E-state index >= 15 is 0 Å². The van der Waals surface area contributed by atoms with Crippen molar-refractivity contribution in [1.82, 2.24) is 10.2 Å². The Hall–Kier alpha value is -1.84. The van der Waals surface area contributed by atoms with Gasteiger partial charge < -0.3 is 4.84 Å². The lowest BCUT2D eigenvalue weighted by molar-refractivity contribution is 0.215. The largest absolute Gasteiger partial charge is 0.399 e. The van der Waals surface area contributed by atoms with Crippen LogP contribution in [0.5, 0.6) is 0 Å². The molecule has 66 valence electrons. The molecule has 1 N–H and O–H groups in total. The molecule has 0 radical (unpaired) electrons. The normalized spacial score (nSPS) is 11.2. The number of aromatic amines is 1. The highest BCUT2D eigenvalue weighted by Crippen LogP contribution is 2.13. The van der Waals surface area contributed by atoms with E-state index in [1.54, 1.807) is 12.4 Å². The summed E-state index contributed by atoms with van der Waals surface area (Å²) in [6.07, 6.45) is 3.43. The Morgan fingerprint density at radius 3 is 3.31 bits per heavy atom. The smallest absolute Gasteiger partial charge is 0.106 e. The van der Waals surface area contributed by atoms with Crippen molar-refractivity contribution in [2.24, 2.45) is 5.16 Å². The number of H-pyrrole nitrogens is 1. The molecule has 13 heavy (non-hydrogen) atoms. The van der Waals surface area contributed by atoms with Gasteiger partial charge in [0, 0.05) is 10.9 Å². The number of hydrogen-bond acceptors (Lipinski definition) is 3. The van der Waals surface area contributed by atoms with E-state index < -0.39 is 0 Å². The molecule has 1 aromatic heterocycles. The third-order valence-electron chi connectivity index (χ3n) is 1.81. The average Bonchev–Trinajstić information content (AvgIpc) is 2.62. The Bertz CT molecular complexity index is 433. The molecule has 0 spiro atoms. The van der Waals surface area contributed by atoms with Crippen molar-refractivity contribution in [3.8, 4) is 0 Å². The fourth-order valence-electron chi connectivity index (χ4n) is 1.21. The predicted octanol–water partition coefficient (Wildman–Crippen LogP) is 1.54. The van der Waals surface area contributed by atoms with Crippen molar-refractivity contribution >= 4 is 17.1 Å². The van der Waals surface area contributed by atoms with Gasteiger partial charge in [-0.15, -0.1) is 0 Å². The maximum absolute atomic E-state index is 4.61. The van der Waals surface area contributed by atoms with E-state index in [1.165, 1.54) is 7.11 Å². The van der Waals surface area contributed by atoms with E-state index in [-0.39, 0.29) is 0 Å². The summed E-state index contributed by atoms with van der Waals surface area (Å²) in [4.78, 5) is 4.61. The molecule has 0 amide bonds. The second-order valence-electron chi connectivity index (χ2n) is 2.60. The number of oxime groups is 1. The zero-order valence-electron chi connectivity index (χ0n) is 7.19. The molecule has 2 rings (SSSR count). The fourth-order valence-corrected chi connectivity index (χ4v) is 1.21. The van der Waals surface area contributed by atoms with Gasteiger partial charge in [0.25, 0.3) is 0 Å². The van der Waals surface area contributed by atoms with Crippen LogP contribution in [0.25, 0.3) is 10.9 Å². The van der Waals surface area contributed by atoms with E-state index in [1.807, 2.05) is 18.2 Å². The number of nitrogens with one attached hydrogen (secondary N) is 1. The van der Waals surface area contributed by atoms with E-state index in [4.69, 9.17) is 0 Å². The lowest BCUT2D eigenvalue weighted by Gasteiger charge is -1.93. The van der Waals surface area contributed by atoms with E-state index in [0.29, 0.717) is 0 Å². The van der Waals surface area contributed by atoms with Gasteiger partial charge in [-0.2, -0.15) is 5.10 Å². The lowest BCUT2D eigenvalue weighted by atomic mass is 10.2. The standard InChI is InChI=1S/C9H9N3O/c1-13-11-6-8-4-2-3-7-5-10-12-9(7)8/h2-6H,1H3,(H,10,12)/b11-6+. The van der Waals surface area contributed by atoms with Crippen LogP contribution in [0.2, 0.25) is 0 Å². The van der Waals surface area contributed by atoms with E-state index in [9.17, 15) is 0 Å². The first-order chi connectivity index (χ1) is 6.42. The molecular weight excluding hydrogens is 166 g/mol. The number of para-hydroxylation sites is 1. The zero-order valence-corrected chi connectivity index (χ0v) is 7.19. The molecule has 0 aliphatic heterocycles. The topological polar surface area (TPSA) is 50.3 Å². The highest BCUT2D eigenvalue weighted by Gasteiger charge is 1.98. The summed E-state index contributed by atoms with van der Waals surface area (Å²) in [7, 11) is 1.52. The summed E-state index contributed by atoms with van der Waals surface area (Å²) in [5.74, 6) is 0. The highest BCUT2D eigenvalue weighted by atomic mass is 16.6. The average molecular weight is 175 g/mol. The lowest BCUT2D eigenvalue weighted by Crippen LogP contribution is -1.84. The molecule has 0 aliphatic rings. The summed E-state index contributed by atoms with van der Waals surface area (Å²) in [5.41, 5.74) is 1.94. The maximum Gasteiger partial charge on any atom is 0.106 e. The van der Waals surface area contributed by atoms with Crippen LogP contribution in [0.1, 0.15) is 5.56 Å². The Morgan fingerprint density at radius 2 is 2.46 bits per heavy atom. The van der Waals surface area contributed by atoms with Crippen LogP contribution in [0.3, 0.4) is 0 Å². The minimum absolute atomic E-state index is 0.969. The number of hydrogen-bond donors (Lipinski definition) is 1. The van der Waals surface area contributed by atoms with Crippen LogP contribution in [0.4, 0.5) is 0 Å². The fraction of sp³-hybridized carbons (Fsp3) is 0.111. The minimum Gasteiger partial charge on any atom is -0.399 e. The van der Waals surface area contributed by atoms with Crippen molar-refractivity contribution in [3.05, 3.63) is 30.0 Å². The Labute approximate surface area is 75.2 Å². The molecule has 0 saturated carbocycles. The molecule has 0 unspecified atom stereocenters. The molecule has 4 heteroatoms. The van der Waals surface area contributed by atoms with Gasteiger partial charge >= 0.3 is 0 Å². The number of rotatable bonds is 2. The van der Waals surface area contributed by atoms with Crippen LogP contribution < -0.4 is 0 Å². The van der Waals surface area contributed by atoms with Crippen molar-refractivity contribution in [2.75, 3.05) is 7.11 Å². The van der Waals surface area contributed by atoms with Crippen LogP contribution in [-0.2, 0) is 4.84 Å². The summed E-state index contributed by atoms with van der Waals surface area (Å²) in [5, 5.41) is 11.6. The van der Waals surface area contributed by atoms with Crippen LogP contribution in [0, 0.1) is 0 Å². The van der Waals surface area contributed by atoms with Crippen molar-refractivity contribution in [2.45, 2.75) is 0 Å². The second-order valence-corrected chi connectivity index (χ2v) is 2.60. The van der Waals surface area contributed by atoms with Crippen molar-refractivity contribution < 1.29 is 4.84 Å². The summed E-state index contributed by atoms with van der Waals surface area (Å²) >= 11 is 0. The Balaban J connectivity index is 2.54. The first-order valence-corrected chi connectivity index (χ1v) is 3.90. The van der Waals surface area contributed by atoms with Crippen molar-refractivity contribution in [1.29, 1.82) is 0 Å². The number of nitrogens with zero attached hydrogens (tertiary/aromatic N) is 2. The molecule has 4 nitrogen and oxygen atoms in total. The molecular formula is C9H9N3O. The quantitative estimate of drug-likeness (QED) is 0.556. The van der Waals surface area contributed by atoms with E-state index in [0.717, 1.165) is 16.5 Å². The van der Waals surface area contributed by atoms with Gasteiger partial charge in [-0.1, -0.05) is 23.4 Å². The monoisotopic (exact) mass is 175 g/mol. The molecule has 2 aromatic rings. The third-order valence-corrected chi connectivity index (χ3v) is 1.81. The second kappa shape index (κ2) is 3.26. The van der Waals surface area contributed by atoms with E-state index in [2.05, 4.69) is 20.2 Å². The molecule has 0 aliphatic carbocycles. The molecule has 1 heterocycles. The van der Waals surface area contributed by atoms with Gasteiger partial charge in [-0.05, 0) is 0 Å². The summed E-state index contributed by atoms with van der Waals surface area (Å²) in [6.45, 7) is 0. The zero-order chi connectivity index (χ0) is 9.10. The van der Waals surface area contributed by atoms with Gasteiger partial charge in [-0.25, -0.2) is 0 Å². The summed E-state index contributed by atoms with van der Waals surface area (Å²) in [6, 6.07) is 5.89. The minimum atomic E-state index is 0.969. The number of fused-ring (bicyclic) bond motifs is 1. The van der Waals surface area contributed by atoms with Gasteiger partial charge in [-0.3, -0.25) is 5.10 Å². The highest BCUT2D eigenvalue weighted by molar-refractivity contribution is 5.96. The van der Waals surface area contributed by atoms with Crippen LogP contribution >= 0.6 is 0 Å². The Kier molecular flexibility index (Phi) is 1.96. The molecule has 0 bridgehead atoms. The first kappa shape index (κ1) is 7.79. The molecule has 0 saturated heterocycles. The van der Waals surface area contributed by atoms with Crippen LogP contribution in [0.15, 0.2) is 29.6 Å². The maximum atomic E-state index is 4.61. The number of aromatic nitrogens is 2. The van der Waals surface area contributed by atoms with Gasteiger partial charge in [0.15, 0.2) is 0 Å². The molecule has 1 aromatic carbocycles. The summed E-state index contributed by atoms with van der Waals surface area (Å²) < 4.78 is 0. The van der Waals surface area contributed by atoms with Crippen molar-refractivity contribution in [3.63, 3.8) is 0 Å². The first-order valence-electron chi connectivity index (χ1n) is 3.90. The third kappa shape index (κ3) is 1.38. The molecule has 0 atom stereocenters. The predicted molar refractivity (Wildman–Crippen MR) is 50.7 cm³/mol. The van der Waals surface area contributed by atoms with Gasteiger partial charge in [0.1, 0.15) is 7.11 Å². The van der Waals surface area contributed by atoms with Crippen LogP contribution in [-0.4, -0.2) is 23.5 Å². The van der Waals surface area contributed by atoms with Gasteiger partial charge in [0.2, 0.25) is 0 Å².